The van der Waals surface area contributed by atoms with Gasteiger partial charge in [0.1, 0.15) is 6.61 Å². The van der Waals surface area contributed by atoms with Crippen molar-refractivity contribution in [2.75, 3.05) is 19.1 Å². The van der Waals surface area contributed by atoms with E-state index in [0.717, 1.165) is 5.56 Å². The number of benzene rings is 3. The maximum absolute atomic E-state index is 13.6. The van der Waals surface area contributed by atoms with E-state index in [9.17, 15) is 9.59 Å². The summed E-state index contributed by atoms with van der Waals surface area (Å²) in [6, 6.07) is 23.1. The normalized spacial score (nSPS) is 14.5. The molecule has 0 atom stereocenters. The van der Waals surface area contributed by atoms with E-state index in [-0.39, 0.29) is 17.1 Å². The highest BCUT2D eigenvalue weighted by Crippen LogP contribution is 2.37. The minimum Gasteiger partial charge on any atom is -0.493 e. The summed E-state index contributed by atoms with van der Waals surface area (Å²) in [6.07, 6.45) is 1.68. The number of methoxy groups -OCH3 is 2. The molecule has 3 aromatic carbocycles. The van der Waals surface area contributed by atoms with Crippen molar-refractivity contribution in [3.05, 3.63) is 106 Å². The Kier molecular flexibility index (Phi) is 7.77. The van der Waals surface area contributed by atoms with E-state index in [1.165, 1.54) is 12.7 Å². The van der Waals surface area contributed by atoms with E-state index in [0.29, 0.717) is 41.0 Å². The predicted octanol–water partition coefficient (Wildman–Crippen LogP) is 6.27. The van der Waals surface area contributed by atoms with Crippen molar-refractivity contribution in [2.45, 2.75) is 33.3 Å². The zero-order chi connectivity index (χ0) is 26.5. The van der Waals surface area contributed by atoms with Gasteiger partial charge in [-0.15, -0.1) is 0 Å². The number of amides is 1. The summed E-state index contributed by atoms with van der Waals surface area (Å²) in [5.41, 5.74) is 4.62. The zero-order valence-corrected chi connectivity index (χ0v) is 21.8. The molecule has 37 heavy (non-hydrogen) atoms. The lowest BCUT2D eigenvalue weighted by atomic mass is 10.0. The summed E-state index contributed by atoms with van der Waals surface area (Å²) in [6.45, 7) is 6.38. The van der Waals surface area contributed by atoms with Gasteiger partial charge in [-0.05, 0) is 59.9 Å². The number of anilines is 1. The summed E-state index contributed by atoms with van der Waals surface area (Å²) in [5.74, 6) is 0.623. The van der Waals surface area contributed by atoms with Crippen molar-refractivity contribution in [3.63, 3.8) is 0 Å². The predicted molar refractivity (Wildman–Crippen MR) is 144 cm³/mol. The lowest BCUT2D eigenvalue weighted by Crippen LogP contribution is -2.24. The maximum atomic E-state index is 13.6. The monoisotopic (exact) mass is 497 g/mol. The number of hydrogen-bond donors (Lipinski definition) is 0. The minimum absolute atomic E-state index is 0.240. The van der Waals surface area contributed by atoms with Gasteiger partial charge in [-0.1, -0.05) is 62.4 Å². The van der Waals surface area contributed by atoms with Crippen LogP contribution in [-0.4, -0.2) is 26.1 Å². The van der Waals surface area contributed by atoms with Gasteiger partial charge in [0, 0.05) is 11.4 Å². The molecule has 3 aromatic rings. The molecule has 6 heteroatoms. The van der Waals surface area contributed by atoms with Gasteiger partial charge < -0.3 is 14.2 Å². The standard InChI is InChI=1S/C31H31NO5/c1-20(2)24-12-14-25(15-13-24)32-21(3)29(31(34)36-5)26(30(32)33)17-23-11-16-27(28(18-23)35-4)37-19-22-9-7-6-8-10-22/h6-18,20H,19H2,1-5H3/b26-17-. The van der Waals surface area contributed by atoms with Gasteiger partial charge in [-0.3, -0.25) is 9.69 Å². The van der Waals surface area contributed by atoms with Crippen LogP contribution in [-0.2, 0) is 20.9 Å². The van der Waals surface area contributed by atoms with E-state index in [1.807, 2.05) is 60.7 Å². The first-order valence-electron chi connectivity index (χ1n) is 12.1. The van der Waals surface area contributed by atoms with Gasteiger partial charge in [0.05, 0.1) is 25.4 Å². The second kappa shape index (κ2) is 11.2. The molecule has 1 aliphatic rings. The number of carbonyl (C=O) groups excluding carboxylic acids is 2. The summed E-state index contributed by atoms with van der Waals surface area (Å²) in [7, 11) is 2.88. The SMILES string of the molecule is COC(=O)C1=C(C)N(c2ccc(C(C)C)cc2)C(=O)/C1=C\c1ccc(OCc2ccccc2)c(OC)c1. The van der Waals surface area contributed by atoms with Crippen molar-refractivity contribution >= 4 is 23.6 Å². The lowest BCUT2D eigenvalue weighted by Gasteiger charge is -2.19. The third kappa shape index (κ3) is 5.43. The number of ether oxygens (including phenoxy) is 3. The first-order chi connectivity index (χ1) is 17.8. The molecule has 190 valence electrons. The molecule has 0 aromatic heterocycles. The third-order valence-electron chi connectivity index (χ3n) is 6.34. The van der Waals surface area contributed by atoms with Gasteiger partial charge in [-0.2, -0.15) is 0 Å². The van der Waals surface area contributed by atoms with Crippen molar-refractivity contribution in [1.29, 1.82) is 0 Å². The molecule has 1 aliphatic heterocycles. The van der Waals surface area contributed by atoms with Gasteiger partial charge in [0.25, 0.3) is 5.91 Å². The van der Waals surface area contributed by atoms with Gasteiger partial charge >= 0.3 is 5.97 Å². The zero-order valence-electron chi connectivity index (χ0n) is 21.8. The Labute approximate surface area is 217 Å². The van der Waals surface area contributed by atoms with Gasteiger partial charge in [0.15, 0.2) is 11.5 Å². The number of carbonyl (C=O) groups is 2. The molecule has 6 nitrogen and oxygen atoms in total. The third-order valence-corrected chi connectivity index (χ3v) is 6.34. The van der Waals surface area contributed by atoms with Crippen LogP contribution in [0.5, 0.6) is 11.5 Å². The summed E-state index contributed by atoms with van der Waals surface area (Å²) in [4.78, 5) is 27.9. The molecule has 0 unspecified atom stereocenters. The topological polar surface area (TPSA) is 65.1 Å². The summed E-state index contributed by atoms with van der Waals surface area (Å²) < 4.78 is 16.5. The van der Waals surface area contributed by atoms with E-state index in [4.69, 9.17) is 14.2 Å². The Morgan fingerprint density at radius 3 is 2.27 bits per heavy atom. The molecule has 0 bridgehead atoms. The van der Waals surface area contributed by atoms with Crippen LogP contribution >= 0.6 is 0 Å². The average Bonchev–Trinajstić information content (AvgIpc) is 3.16. The molecule has 1 heterocycles. The number of rotatable bonds is 8. The Balaban J connectivity index is 1.67. The van der Waals surface area contributed by atoms with Crippen molar-refractivity contribution in [2.24, 2.45) is 0 Å². The number of nitrogens with zero attached hydrogens (tertiary/aromatic N) is 1. The highest BCUT2D eigenvalue weighted by atomic mass is 16.5. The van der Waals surface area contributed by atoms with Gasteiger partial charge in [0.2, 0.25) is 0 Å². The smallest absolute Gasteiger partial charge is 0.340 e. The molecule has 1 amide bonds. The molecule has 0 saturated carbocycles. The first-order valence-corrected chi connectivity index (χ1v) is 12.1. The van der Waals surface area contributed by atoms with Crippen molar-refractivity contribution in [1.82, 2.24) is 0 Å². The first kappa shape index (κ1) is 25.8. The van der Waals surface area contributed by atoms with E-state index in [1.54, 1.807) is 37.1 Å². The molecule has 0 N–H and O–H groups in total. The maximum Gasteiger partial charge on any atom is 0.340 e. The Hall–Kier alpha value is -4.32. The Morgan fingerprint density at radius 2 is 1.65 bits per heavy atom. The van der Waals surface area contributed by atoms with Crippen LogP contribution in [0.4, 0.5) is 5.69 Å². The van der Waals surface area contributed by atoms with E-state index >= 15 is 0 Å². The quantitative estimate of drug-likeness (QED) is 0.271. The highest BCUT2D eigenvalue weighted by molar-refractivity contribution is 6.23. The number of hydrogen-bond acceptors (Lipinski definition) is 5. The largest absolute Gasteiger partial charge is 0.493 e. The lowest BCUT2D eigenvalue weighted by molar-refractivity contribution is -0.136. The molecule has 4 rings (SSSR count). The van der Waals surface area contributed by atoms with E-state index < -0.39 is 5.97 Å². The number of esters is 1. The minimum atomic E-state index is -0.562. The van der Waals surface area contributed by atoms with Crippen LogP contribution in [0.25, 0.3) is 6.08 Å². The van der Waals surface area contributed by atoms with Crippen LogP contribution in [0.15, 0.2) is 89.6 Å². The number of allylic oxidation sites excluding steroid dienone is 1. The fraction of sp³-hybridized carbons (Fsp3) is 0.226. The fourth-order valence-corrected chi connectivity index (χ4v) is 4.29. The van der Waals surface area contributed by atoms with Crippen LogP contribution in [0.3, 0.4) is 0 Å². The summed E-state index contributed by atoms with van der Waals surface area (Å²) >= 11 is 0. The van der Waals surface area contributed by atoms with Gasteiger partial charge in [-0.25, -0.2) is 4.79 Å². The average molecular weight is 498 g/mol. The Bertz CT molecular complexity index is 1350. The van der Waals surface area contributed by atoms with Crippen LogP contribution < -0.4 is 14.4 Å². The van der Waals surface area contributed by atoms with Crippen molar-refractivity contribution in [3.8, 4) is 11.5 Å². The second-order valence-electron chi connectivity index (χ2n) is 9.08. The Morgan fingerprint density at radius 1 is 0.946 bits per heavy atom. The highest BCUT2D eigenvalue weighted by Gasteiger charge is 2.38. The molecular weight excluding hydrogens is 466 g/mol. The molecule has 0 fully saturated rings. The molecule has 0 saturated heterocycles. The van der Waals surface area contributed by atoms with Crippen LogP contribution in [0, 0.1) is 0 Å². The molecular formula is C31H31NO5. The van der Waals surface area contributed by atoms with Crippen LogP contribution in [0.2, 0.25) is 0 Å². The van der Waals surface area contributed by atoms with E-state index in [2.05, 4.69) is 13.8 Å². The fourth-order valence-electron chi connectivity index (χ4n) is 4.29. The molecule has 0 spiro atoms. The van der Waals surface area contributed by atoms with Crippen molar-refractivity contribution < 1.29 is 23.8 Å². The molecule has 0 aliphatic carbocycles. The van der Waals surface area contributed by atoms with Crippen LogP contribution in [0.1, 0.15) is 43.4 Å². The molecule has 0 radical (unpaired) electrons. The summed E-state index contributed by atoms with van der Waals surface area (Å²) in [5, 5.41) is 0. The second-order valence-corrected chi connectivity index (χ2v) is 9.08.